The molecular weight excluding hydrogens is 233 g/mol. The van der Waals surface area contributed by atoms with Crippen LogP contribution in [-0.4, -0.2) is 15.0 Å². The highest BCUT2D eigenvalue weighted by molar-refractivity contribution is 6.33. The number of rotatable bonds is 1. The van der Waals surface area contributed by atoms with Crippen molar-refractivity contribution in [1.29, 1.82) is 0 Å². The number of hydrogen-bond donors (Lipinski definition) is 0. The number of hydrogen-bond acceptors (Lipinski definition) is 3. The van der Waals surface area contributed by atoms with Gasteiger partial charge in [0.15, 0.2) is 5.82 Å². The molecule has 0 N–H and O–H groups in total. The van der Waals surface area contributed by atoms with E-state index in [0.717, 1.165) is 11.3 Å². The van der Waals surface area contributed by atoms with Gasteiger partial charge in [-0.15, -0.1) is 0 Å². The molecule has 0 radical (unpaired) electrons. The zero-order valence-corrected chi connectivity index (χ0v) is 9.42. The molecule has 5 heteroatoms. The number of nitrogens with zero attached hydrogens (tertiary/aromatic N) is 3. The first kappa shape index (κ1) is 10.3. The number of halogens is 2. The summed E-state index contributed by atoms with van der Waals surface area (Å²) in [6, 6.07) is 5.26. The standard InChI is InChI=1S/C10H7Cl2N3/c1-6-2-3-7(5-13-6)10-14-8(11)4-9(12)15-10/h2-5H,1H3. The highest BCUT2D eigenvalue weighted by Crippen LogP contribution is 2.19. The van der Waals surface area contributed by atoms with Crippen LogP contribution in [0.15, 0.2) is 24.4 Å². The largest absolute Gasteiger partial charge is 0.261 e. The van der Waals surface area contributed by atoms with Crippen LogP contribution in [0.25, 0.3) is 11.4 Å². The summed E-state index contributed by atoms with van der Waals surface area (Å²) in [6.45, 7) is 1.91. The van der Waals surface area contributed by atoms with E-state index in [-0.39, 0.29) is 0 Å². The van der Waals surface area contributed by atoms with Crippen molar-refractivity contribution in [3.05, 3.63) is 40.4 Å². The van der Waals surface area contributed by atoms with Gasteiger partial charge in [-0.25, -0.2) is 9.97 Å². The zero-order chi connectivity index (χ0) is 10.8. The van der Waals surface area contributed by atoms with Gasteiger partial charge in [-0.2, -0.15) is 0 Å². The Kier molecular flexibility index (Phi) is 2.84. The van der Waals surface area contributed by atoms with Gasteiger partial charge in [-0.1, -0.05) is 23.2 Å². The monoisotopic (exact) mass is 239 g/mol. The number of aromatic nitrogens is 3. The minimum atomic E-state index is 0.325. The van der Waals surface area contributed by atoms with Crippen molar-refractivity contribution >= 4 is 23.2 Å². The lowest BCUT2D eigenvalue weighted by Crippen LogP contribution is -1.91. The summed E-state index contributed by atoms with van der Waals surface area (Å²) in [5.74, 6) is 0.486. The van der Waals surface area contributed by atoms with Gasteiger partial charge in [0.05, 0.1) is 0 Å². The third-order valence-electron chi connectivity index (χ3n) is 1.83. The first-order valence-corrected chi connectivity index (χ1v) is 5.04. The van der Waals surface area contributed by atoms with Crippen molar-refractivity contribution in [3.63, 3.8) is 0 Å². The van der Waals surface area contributed by atoms with E-state index in [1.165, 1.54) is 6.07 Å². The summed E-state index contributed by atoms with van der Waals surface area (Å²) in [5.41, 5.74) is 1.73. The maximum Gasteiger partial charge on any atom is 0.164 e. The predicted molar refractivity (Wildman–Crippen MR) is 60.0 cm³/mol. The molecule has 0 spiro atoms. The van der Waals surface area contributed by atoms with E-state index in [2.05, 4.69) is 15.0 Å². The zero-order valence-electron chi connectivity index (χ0n) is 7.91. The van der Waals surface area contributed by atoms with Crippen molar-refractivity contribution in [1.82, 2.24) is 15.0 Å². The van der Waals surface area contributed by atoms with Crippen molar-refractivity contribution in [2.75, 3.05) is 0 Å². The van der Waals surface area contributed by atoms with Crippen LogP contribution < -0.4 is 0 Å². The van der Waals surface area contributed by atoms with Crippen molar-refractivity contribution < 1.29 is 0 Å². The summed E-state index contributed by atoms with van der Waals surface area (Å²) in [5, 5.41) is 0.649. The molecular formula is C10H7Cl2N3. The fourth-order valence-corrected chi connectivity index (χ4v) is 1.54. The van der Waals surface area contributed by atoms with Crippen LogP contribution >= 0.6 is 23.2 Å². The lowest BCUT2D eigenvalue weighted by Gasteiger charge is -2.01. The lowest BCUT2D eigenvalue weighted by atomic mass is 10.2. The topological polar surface area (TPSA) is 38.7 Å². The van der Waals surface area contributed by atoms with E-state index in [1.807, 2.05) is 19.1 Å². The fourth-order valence-electron chi connectivity index (χ4n) is 1.12. The predicted octanol–water partition coefficient (Wildman–Crippen LogP) is 3.15. The number of pyridine rings is 1. The molecule has 0 atom stereocenters. The molecule has 2 aromatic rings. The Morgan fingerprint density at radius 2 is 1.73 bits per heavy atom. The van der Waals surface area contributed by atoms with Gasteiger partial charge < -0.3 is 0 Å². The van der Waals surface area contributed by atoms with Gasteiger partial charge in [0.1, 0.15) is 10.3 Å². The molecule has 0 aliphatic carbocycles. The van der Waals surface area contributed by atoms with Crippen LogP contribution in [-0.2, 0) is 0 Å². The Labute approximate surface area is 97.1 Å². The summed E-state index contributed by atoms with van der Waals surface area (Å²) in [4.78, 5) is 12.3. The first-order valence-electron chi connectivity index (χ1n) is 4.28. The second kappa shape index (κ2) is 4.13. The molecule has 0 saturated carbocycles. The van der Waals surface area contributed by atoms with Gasteiger partial charge in [0, 0.05) is 23.5 Å². The molecule has 3 nitrogen and oxygen atoms in total. The molecule has 2 heterocycles. The molecule has 0 aliphatic heterocycles. The molecule has 0 amide bonds. The van der Waals surface area contributed by atoms with Crippen LogP contribution in [0.2, 0.25) is 10.3 Å². The summed E-state index contributed by atoms with van der Waals surface area (Å²) >= 11 is 11.6. The Morgan fingerprint density at radius 3 is 2.27 bits per heavy atom. The summed E-state index contributed by atoms with van der Waals surface area (Å²) in [6.07, 6.45) is 1.69. The molecule has 0 saturated heterocycles. The van der Waals surface area contributed by atoms with Crippen molar-refractivity contribution in [2.45, 2.75) is 6.92 Å². The quantitative estimate of drug-likeness (QED) is 0.718. The second-order valence-corrected chi connectivity index (χ2v) is 3.80. The Morgan fingerprint density at radius 1 is 1.07 bits per heavy atom. The van der Waals surface area contributed by atoms with E-state index in [4.69, 9.17) is 23.2 Å². The van der Waals surface area contributed by atoms with E-state index < -0.39 is 0 Å². The van der Waals surface area contributed by atoms with Gasteiger partial charge in [0.2, 0.25) is 0 Å². The Hall–Kier alpha value is -1.19. The van der Waals surface area contributed by atoms with Crippen LogP contribution in [0.4, 0.5) is 0 Å². The third kappa shape index (κ3) is 2.43. The summed E-state index contributed by atoms with van der Waals surface area (Å²) in [7, 11) is 0. The van der Waals surface area contributed by atoms with E-state index in [0.29, 0.717) is 16.1 Å². The van der Waals surface area contributed by atoms with Gasteiger partial charge in [0.25, 0.3) is 0 Å². The molecule has 0 bridgehead atoms. The van der Waals surface area contributed by atoms with E-state index >= 15 is 0 Å². The molecule has 15 heavy (non-hydrogen) atoms. The fraction of sp³-hybridized carbons (Fsp3) is 0.100. The summed E-state index contributed by atoms with van der Waals surface area (Å²) < 4.78 is 0. The smallest absolute Gasteiger partial charge is 0.164 e. The SMILES string of the molecule is Cc1ccc(-c2nc(Cl)cc(Cl)n2)cn1. The van der Waals surface area contributed by atoms with Gasteiger partial charge >= 0.3 is 0 Å². The number of aryl methyl sites for hydroxylation is 1. The average Bonchev–Trinajstić information content (AvgIpc) is 2.17. The molecule has 0 aromatic carbocycles. The highest BCUT2D eigenvalue weighted by atomic mass is 35.5. The van der Waals surface area contributed by atoms with Crippen molar-refractivity contribution in [2.24, 2.45) is 0 Å². The van der Waals surface area contributed by atoms with Crippen LogP contribution in [0.5, 0.6) is 0 Å². The maximum atomic E-state index is 5.78. The molecule has 2 rings (SSSR count). The van der Waals surface area contributed by atoms with Gasteiger partial charge in [-0.3, -0.25) is 4.98 Å². The highest BCUT2D eigenvalue weighted by Gasteiger charge is 2.04. The molecule has 0 unspecified atom stereocenters. The molecule has 76 valence electrons. The molecule has 0 aliphatic rings. The minimum absolute atomic E-state index is 0.325. The second-order valence-electron chi connectivity index (χ2n) is 3.03. The van der Waals surface area contributed by atoms with Crippen molar-refractivity contribution in [3.8, 4) is 11.4 Å². The third-order valence-corrected chi connectivity index (χ3v) is 2.22. The van der Waals surface area contributed by atoms with Crippen LogP contribution in [0, 0.1) is 6.92 Å². The van der Waals surface area contributed by atoms with E-state index in [9.17, 15) is 0 Å². The van der Waals surface area contributed by atoms with Crippen LogP contribution in [0.3, 0.4) is 0 Å². The Bertz CT molecular complexity index is 462. The van der Waals surface area contributed by atoms with E-state index in [1.54, 1.807) is 6.20 Å². The van der Waals surface area contributed by atoms with Crippen LogP contribution in [0.1, 0.15) is 5.69 Å². The first-order chi connectivity index (χ1) is 7.15. The minimum Gasteiger partial charge on any atom is -0.261 e. The molecule has 0 fully saturated rings. The average molecular weight is 240 g/mol. The normalized spacial score (nSPS) is 10.3. The lowest BCUT2D eigenvalue weighted by molar-refractivity contribution is 1.14. The van der Waals surface area contributed by atoms with Gasteiger partial charge in [-0.05, 0) is 19.1 Å². The maximum absolute atomic E-state index is 5.78. The molecule has 2 aromatic heterocycles. The Balaban J connectivity index is 2.49.